The smallest absolute Gasteiger partial charge is 0.341 e. The highest BCUT2D eigenvalue weighted by Gasteiger charge is 2.28. The van der Waals surface area contributed by atoms with Gasteiger partial charge in [0.15, 0.2) is 0 Å². The number of benzene rings is 1. The monoisotopic (exact) mass is 298 g/mol. The maximum absolute atomic E-state index is 13.6. The summed E-state index contributed by atoms with van der Waals surface area (Å²) in [7, 11) is 0. The molecule has 9 heteroatoms. The number of aromatic nitrogens is 3. The SMILES string of the molecule is CC(O)(CNC(=O)c1n[nH]c(=O)[nH]1)c1ccc(F)cc1F. The summed E-state index contributed by atoms with van der Waals surface area (Å²) in [6, 6.07) is 2.73. The van der Waals surface area contributed by atoms with E-state index in [1.807, 2.05) is 5.10 Å². The van der Waals surface area contributed by atoms with E-state index in [1.165, 1.54) is 6.92 Å². The molecule has 21 heavy (non-hydrogen) atoms. The van der Waals surface area contributed by atoms with E-state index >= 15 is 0 Å². The fraction of sp³-hybridized carbons (Fsp3) is 0.250. The summed E-state index contributed by atoms with van der Waals surface area (Å²) in [5.74, 6) is -2.72. The molecular formula is C12H12F2N4O3. The number of hydrogen-bond acceptors (Lipinski definition) is 4. The van der Waals surface area contributed by atoms with E-state index in [-0.39, 0.29) is 17.9 Å². The van der Waals surface area contributed by atoms with Crippen LogP contribution >= 0.6 is 0 Å². The number of rotatable bonds is 4. The van der Waals surface area contributed by atoms with Crippen LogP contribution in [0.3, 0.4) is 0 Å². The normalized spacial score (nSPS) is 13.7. The van der Waals surface area contributed by atoms with Gasteiger partial charge >= 0.3 is 5.69 Å². The van der Waals surface area contributed by atoms with Gasteiger partial charge in [-0.05, 0) is 13.0 Å². The van der Waals surface area contributed by atoms with E-state index in [0.717, 1.165) is 12.1 Å². The minimum Gasteiger partial charge on any atom is -0.383 e. The number of amides is 1. The summed E-state index contributed by atoms with van der Waals surface area (Å²) >= 11 is 0. The van der Waals surface area contributed by atoms with Crippen LogP contribution in [-0.4, -0.2) is 32.7 Å². The van der Waals surface area contributed by atoms with Gasteiger partial charge in [-0.3, -0.25) is 9.78 Å². The van der Waals surface area contributed by atoms with Crippen molar-refractivity contribution < 1.29 is 18.7 Å². The molecule has 4 N–H and O–H groups in total. The Kier molecular flexibility index (Phi) is 3.85. The van der Waals surface area contributed by atoms with Crippen LogP contribution in [-0.2, 0) is 5.60 Å². The number of aromatic amines is 2. The van der Waals surface area contributed by atoms with Gasteiger partial charge in [0.05, 0.1) is 6.54 Å². The lowest BCUT2D eigenvalue weighted by Gasteiger charge is -2.24. The first-order valence-electron chi connectivity index (χ1n) is 5.90. The lowest BCUT2D eigenvalue weighted by atomic mass is 9.95. The fourth-order valence-electron chi connectivity index (χ4n) is 1.74. The van der Waals surface area contributed by atoms with Gasteiger partial charge in [-0.1, -0.05) is 6.07 Å². The molecule has 0 aliphatic carbocycles. The molecule has 1 heterocycles. The zero-order valence-corrected chi connectivity index (χ0v) is 10.9. The third kappa shape index (κ3) is 3.31. The van der Waals surface area contributed by atoms with Gasteiger partial charge in [-0.25, -0.2) is 18.7 Å². The second kappa shape index (κ2) is 5.44. The standard InChI is InChI=1S/C12H12F2N4O3/c1-12(21,7-3-2-6(13)4-8(7)14)5-15-10(19)9-16-11(20)18-17-9/h2-4,21H,5H2,1H3,(H,15,19)(H2,16,17,18,20). The lowest BCUT2D eigenvalue weighted by molar-refractivity contribution is 0.0492. The van der Waals surface area contributed by atoms with Crippen molar-refractivity contribution in [2.24, 2.45) is 0 Å². The van der Waals surface area contributed by atoms with Crippen molar-refractivity contribution in [2.45, 2.75) is 12.5 Å². The minimum atomic E-state index is -1.76. The van der Waals surface area contributed by atoms with Crippen LogP contribution in [0.2, 0.25) is 0 Å². The summed E-state index contributed by atoms with van der Waals surface area (Å²) in [6.45, 7) is 0.903. The maximum Gasteiger partial charge on any atom is 0.341 e. The Balaban J connectivity index is 2.10. The fourth-order valence-corrected chi connectivity index (χ4v) is 1.74. The number of nitrogens with one attached hydrogen (secondary N) is 3. The quantitative estimate of drug-likeness (QED) is 0.637. The Labute approximate surface area is 117 Å². The number of aliphatic hydroxyl groups is 1. The lowest BCUT2D eigenvalue weighted by Crippen LogP contribution is -2.39. The van der Waals surface area contributed by atoms with Gasteiger partial charge < -0.3 is 10.4 Å². The van der Waals surface area contributed by atoms with Gasteiger partial charge in [0.1, 0.15) is 17.2 Å². The molecule has 1 aromatic carbocycles. The third-order valence-electron chi connectivity index (χ3n) is 2.82. The number of hydrogen-bond donors (Lipinski definition) is 4. The molecule has 0 saturated heterocycles. The molecule has 0 aliphatic heterocycles. The van der Waals surface area contributed by atoms with Crippen molar-refractivity contribution in [1.29, 1.82) is 0 Å². The van der Waals surface area contributed by atoms with Gasteiger partial charge in [-0.15, -0.1) is 5.10 Å². The molecule has 0 aliphatic rings. The molecule has 7 nitrogen and oxygen atoms in total. The van der Waals surface area contributed by atoms with Crippen LogP contribution in [0.5, 0.6) is 0 Å². The summed E-state index contributed by atoms with van der Waals surface area (Å²) in [5, 5.41) is 17.9. The molecule has 0 bridgehead atoms. The minimum absolute atomic E-state index is 0.167. The number of nitrogens with zero attached hydrogens (tertiary/aromatic N) is 1. The number of H-pyrrole nitrogens is 2. The first-order chi connectivity index (χ1) is 9.79. The number of carbonyl (C=O) groups excluding carboxylic acids is 1. The Morgan fingerprint density at radius 2 is 2.19 bits per heavy atom. The number of halogens is 2. The topological polar surface area (TPSA) is 111 Å². The van der Waals surface area contributed by atoms with E-state index < -0.39 is 28.8 Å². The second-order valence-electron chi connectivity index (χ2n) is 4.61. The molecule has 2 rings (SSSR count). The summed E-state index contributed by atoms with van der Waals surface area (Å²) in [4.78, 5) is 24.6. The molecule has 1 atom stereocenters. The van der Waals surface area contributed by atoms with Crippen molar-refractivity contribution in [3.05, 3.63) is 51.7 Å². The van der Waals surface area contributed by atoms with E-state index in [1.54, 1.807) is 0 Å². The molecule has 112 valence electrons. The van der Waals surface area contributed by atoms with Crippen molar-refractivity contribution in [2.75, 3.05) is 6.54 Å². The van der Waals surface area contributed by atoms with E-state index in [4.69, 9.17) is 0 Å². The molecule has 0 fully saturated rings. The molecule has 2 aromatic rings. The van der Waals surface area contributed by atoms with Crippen LogP contribution in [0, 0.1) is 11.6 Å². The average Bonchev–Trinajstić information content (AvgIpc) is 2.82. The molecule has 1 aromatic heterocycles. The Hall–Kier alpha value is -2.55. The van der Waals surface area contributed by atoms with Gasteiger partial charge in [-0.2, -0.15) is 0 Å². The summed E-state index contributed by atoms with van der Waals surface area (Å²) in [5.41, 5.74) is -2.58. The van der Waals surface area contributed by atoms with E-state index in [2.05, 4.69) is 15.4 Å². The summed E-state index contributed by atoms with van der Waals surface area (Å²) < 4.78 is 26.5. The first kappa shape index (κ1) is 14.9. The van der Waals surface area contributed by atoms with Crippen molar-refractivity contribution in [3.8, 4) is 0 Å². The predicted molar refractivity (Wildman–Crippen MR) is 67.5 cm³/mol. The zero-order chi connectivity index (χ0) is 15.6. The van der Waals surface area contributed by atoms with Crippen LogP contribution in [0.4, 0.5) is 8.78 Å². The van der Waals surface area contributed by atoms with Gasteiger partial charge in [0.25, 0.3) is 5.91 Å². The zero-order valence-electron chi connectivity index (χ0n) is 10.9. The highest BCUT2D eigenvalue weighted by Crippen LogP contribution is 2.23. The maximum atomic E-state index is 13.6. The molecule has 1 unspecified atom stereocenters. The average molecular weight is 298 g/mol. The first-order valence-corrected chi connectivity index (χ1v) is 5.90. The van der Waals surface area contributed by atoms with Gasteiger partial charge in [0.2, 0.25) is 5.82 Å². The van der Waals surface area contributed by atoms with Crippen LogP contribution < -0.4 is 11.0 Å². The Morgan fingerprint density at radius 1 is 1.48 bits per heavy atom. The Morgan fingerprint density at radius 3 is 2.76 bits per heavy atom. The van der Waals surface area contributed by atoms with Crippen LogP contribution in [0.15, 0.2) is 23.0 Å². The number of carbonyl (C=O) groups is 1. The highest BCUT2D eigenvalue weighted by molar-refractivity contribution is 5.90. The molecule has 1 amide bonds. The highest BCUT2D eigenvalue weighted by atomic mass is 19.1. The third-order valence-corrected chi connectivity index (χ3v) is 2.82. The largest absolute Gasteiger partial charge is 0.383 e. The van der Waals surface area contributed by atoms with Crippen LogP contribution in [0.25, 0.3) is 0 Å². The molecule has 0 saturated carbocycles. The van der Waals surface area contributed by atoms with Crippen molar-refractivity contribution in [3.63, 3.8) is 0 Å². The predicted octanol–water partition coefficient (Wildman–Crippen LogP) is 0.0137. The van der Waals surface area contributed by atoms with Crippen molar-refractivity contribution in [1.82, 2.24) is 20.5 Å². The summed E-state index contributed by atoms with van der Waals surface area (Å²) in [6.07, 6.45) is 0. The van der Waals surface area contributed by atoms with Crippen LogP contribution in [0.1, 0.15) is 23.1 Å². The molecular weight excluding hydrogens is 286 g/mol. The Bertz CT molecular complexity index is 723. The van der Waals surface area contributed by atoms with Crippen molar-refractivity contribution >= 4 is 5.91 Å². The van der Waals surface area contributed by atoms with E-state index in [9.17, 15) is 23.5 Å². The van der Waals surface area contributed by atoms with Gasteiger partial charge in [0, 0.05) is 11.6 Å². The van der Waals surface area contributed by atoms with E-state index in [0.29, 0.717) is 6.07 Å². The second-order valence-corrected chi connectivity index (χ2v) is 4.61. The molecule has 0 spiro atoms. The molecule has 0 radical (unpaired) electrons.